The van der Waals surface area contributed by atoms with Crippen molar-refractivity contribution in [1.29, 1.82) is 0 Å². The van der Waals surface area contributed by atoms with Gasteiger partial charge in [-0.25, -0.2) is 0 Å². The first-order valence-corrected chi connectivity index (χ1v) is 5.32. The van der Waals surface area contributed by atoms with Crippen molar-refractivity contribution in [2.75, 3.05) is 32.8 Å². The Hall–Kier alpha value is -0.610. The van der Waals surface area contributed by atoms with E-state index in [0.717, 1.165) is 45.6 Å². The number of hydrogen-bond donors (Lipinski definition) is 1. The first-order chi connectivity index (χ1) is 6.72. The van der Waals surface area contributed by atoms with E-state index >= 15 is 0 Å². The van der Waals surface area contributed by atoms with Crippen molar-refractivity contribution in [2.24, 2.45) is 0 Å². The zero-order valence-corrected chi connectivity index (χ0v) is 8.71. The van der Waals surface area contributed by atoms with Crippen LogP contribution in [0.1, 0.15) is 19.8 Å². The molecule has 14 heavy (non-hydrogen) atoms. The maximum absolute atomic E-state index is 11.3. The fourth-order valence-electron chi connectivity index (χ4n) is 2.34. The molecule has 2 rings (SSSR count). The van der Waals surface area contributed by atoms with Gasteiger partial charge in [0.2, 0.25) is 5.91 Å². The van der Waals surface area contributed by atoms with Gasteiger partial charge in [-0.05, 0) is 12.8 Å². The Kier molecular flexibility index (Phi) is 2.74. The van der Waals surface area contributed by atoms with Crippen molar-refractivity contribution in [1.82, 2.24) is 10.2 Å². The summed E-state index contributed by atoms with van der Waals surface area (Å²) in [5.74, 6) is 0.165. The number of rotatable bonds is 0. The molecule has 0 aliphatic carbocycles. The standard InChI is InChI=1S/C10H18N2O2/c1-9(13)12-5-2-3-10(8-12)7-11-4-6-14-10/h11H,2-8H2,1H3/t10-/m0/s1. The largest absolute Gasteiger partial charge is 0.370 e. The van der Waals surface area contributed by atoms with Gasteiger partial charge in [-0.1, -0.05) is 0 Å². The molecule has 2 aliphatic heterocycles. The van der Waals surface area contributed by atoms with Crippen LogP contribution in [0.3, 0.4) is 0 Å². The Morgan fingerprint density at radius 3 is 3.07 bits per heavy atom. The maximum atomic E-state index is 11.3. The lowest BCUT2D eigenvalue weighted by molar-refractivity contribution is -0.143. The van der Waals surface area contributed by atoms with Crippen molar-refractivity contribution in [3.05, 3.63) is 0 Å². The van der Waals surface area contributed by atoms with Gasteiger partial charge in [0.1, 0.15) is 0 Å². The van der Waals surface area contributed by atoms with Crippen LogP contribution in [0.4, 0.5) is 0 Å². The van der Waals surface area contributed by atoms with Gasteiger partial charge in [-0.15, -0.1) is 0 Å². The van der Waals surface area contributed by atoms with E-state index in [2.05, 4.69) is 5.32 Å². The third-order valence-electron chi connectivity index (χ3n) is 3.12. The summed E-state index contributed by atoms with van der Waals surface area (Å²) in [6.07, 6.45) is 2.13. The number of carbonyl (C=O) groups is 1. The van der Waals surface area contributed by atoms with E-state index in [1.807, 2.05) is 4.90 Å². The minimum absolute atomic E-state index is 0.0951. The van der Waals surface area contributed by atoms with E-state index in [-0.39, 0.29) is 11.5 Å². The van der Waals surface area contributed by atoms with Crippen LogP contribution in [0.5, 0.6) is 0 Å². The fourth-order valence-corrected chi connectivity index (χ4v) is 2.34. The molecular weight excluding hydrogens is 180 g/mol. The molecule has 2 saturated heterocycles. The van der Waals surface area contributed by atoms with E-state index in [4.69, 9.17) is 4.74 Å². The van der Waals surface area contributed by atoms with Gasteiger partial charge in [-0.2, -0.15) is 0 Å². The molecule has 0 radical (unpaired) electrons. The van der Waals surface area contributed by atoms with Crippen LogP contribution in [-0.2, 0) is 9.53 Å². The number of likely N-dealkylation sites (tertiary alicyclic amines) is 1. The van der Waals surface area contributed by atoms with Crippen LogP contribution in [0.25, 0.3) is 0 Å². The average molecular weight is 198 g/mol. The van der Waals surface area contributed by atoms with Crippen LogP contribution in [-0.4, -0.2) is 49.2 Å². The number of morpholine rings is 1. The predicted molar refractivity (Wildman–Crippen MR) is 53.0 cm³/mol. The lowest BCUT2D eigenvalue weighted by Gasteiger charge is -2.44. The Morgan fingerprint density at radius 1 is 1.57 bits per heavy atom. The Labute approximate surface area is 84.6 Å². The van der Waals surface area contributed by atoms with Gasteiger partial charge >= 0.3 is 0 Å². The van der Waals surface area contributed by atoms with Crippen molar-refractivity contribution >= 4 is 5.91 Å². The molecule has 80 valence electrons. The normalized spacial score (nSPS) is 33.4. The first kappa shape index (κ1) is 9.93. The maximum Gasteiger partial charge on any atom is 0.219 e. The average Bonchev–Trinajstić information content (AvgIpc) is 2.19. The summed E-state index contributed by atoms with van der Waals surface area (Å²) < 4.78 is 5.83. The SMILES string of the molecule is CC(=O)N1CCC[C@]2(CNCCO2)C1. The number of piperidine rings is 1. The molecule has 2 fully saturated rings. The third-order valence-corrected chi connectivity index (χ3v) is 3.12. The topological polar surface area (TPSA) is 41.6 Å². The van der Waals surface area contributed by atoms with Gasteiger partial charge in [0.25, 0.3) is 0 Å². The summed E-state index contributed by atoms with van der Waals surface area (Å²) in [5.41, 5.74) is -0.0951. The number of amides is 1. The van der Waals surface area contributed by atoms with E-state index < -0.39 is 0 Å². The molecule has 0 unspecified atom stereocenters. The van der Waals surface area contributed by atoms with E-state index in [0.29, 0.717) is 0 Å². The zero-order valence-electron chi connectivity index (χ0n) is 8.71. The first-order valence-electron chi connectivity index (χ1n) is 5.32. The molecule has 1 amide bonds. The minimum atomic E-state index is -0.0951. The van der Waals surface area contributed by atoms with Crippen LogP contribution in [0.15, 0.2) is 0 Å². The summed E-state index contributed by atoms with van der Waals surface area (Å²) in [6, 6.07) is 0. The quantitative estimate of drug-likeness (QED) is 0.595. The third kappa shape index (κ3) is 1.91. The molecule has 0 bridgehead atoms. The number of nitrogens with one attached hydrogen (secondary N) is 1. The number of ether oxygens (including phenoxy) is 1. The molecule has 1 N–H and O–H groups in total. The van der Waals surface area contributed by atoms with Crippen LogP contribution in [0.2, 0.25) is 0 Å². The molecule has 4 heteroatoms. The predicted octanol–water partition coefficient (Wildman–Crippen LogP) is -0.0127. The van der Waals surface area contributed by atoms with Crippen molar-refractivity contribution in [3.8, 4) is 0 Å². The summed E-state index contributed by atoms with van der Waals surface area (Å²) in [4.78, 5) is 13.2. The highest BCUT2D eigenvalue weighted by Crippen LogP contribution is 2.26. The molecule has 0 saturated carbocycles. The van der Waals surface area contributed by atoms with Crippen LogP contribution in [0, 0.1) is 0 Å². The summed E-state index contributed by atoms with van der Waals surface area (Å²) in [5, 5.41) is 3.34. The molecule has 0 aromatic carbocycles. The van der Waals surface area contributed by atoms with E-state index in [1.54, 1.807) is 6.92 Å². The lowest BCUT2D eigenvalue weighted by Crippen LogP contribution is -2.59. The number of nitrogens with zero attached hydrogens (tertiary/aromatic N) is 1. The highest BCUT2D eigenvalue weighted by molar-refractivity contribution is 5.73. The minimum Gasteiger partial charge on any atom is -0.370 e. The summed E-state index contributed by atoms with van der Waals surface area (Å²) in [7, 11) is 0. The Morgan fingerprint density at radius 2 is 2.43 bits per heavy atom. The van der Waals surface area contributed by atoms with Gasteiger partial charge in [0.15, 0.2) is 0 Å². The van der Waals surface area contributed by atoms with Crippen LogP contribution >= 0.6 is 0 Å². The molecule has 2 aliphatic rings. The number of hydrogen-bond acceptors (Lipinski definition) is 3. The Balaban J connectivity index is 2.01. The second kappa shape index (κ2) is 3.87. The van der Waals surface area contributed by atoms with Crippen molar-refractivity contribution < 1.29 is 9.53 Å². The molecular formula is C10H18N2O2. The zero-order chi connectivity index (χ0) is 10.0. The second-order valence-electron chi connectivity index (χ2n) is 4.25. The molecule has 1 atom stereocenters. The van der Waals surface area contributed by atoms with Gasteiger partial charge in [-0.3, -0.25) is 4.79 Å². The molecule has 0 aromatic heterocycles. The molecule has 4 nitrogen and oxygen atoms in total. The lowest BCUT2D eigenvalue weighted by atomic mass is 9.91. The fraction of sp³-hybridized carbons (Fsp3) is 0.900. The van der Waals surface area contributed by atoms with Crippen molar-refractivity contribution in [3.63, 3.8) is 0 Å². The van der Waals surface area contributed by atoms with Gasteiger partial charge in [0, 0.05) is 26.6 Å². The summed E-state index contributed by atoms with van der Waals surface area (Å²) in [6.45, 7) is 5.87. The highest BCUT2D eigenvalue weighted by atomic mass is 16.5. The summed E-state index contributed by atoms with van der Waals surface area (Å²) >= 11 is 0. The van der Waals surface area contributed by atoms with Gasteiger partial charge < -0.3 is 15.0 Å². The molecule has 0 aromatic rings. The van der Waals surface area contributed by atoms with Crippen molar-refractivity contribution in [2.45, 2.75) is 25.4 Å². The molecule has 1 spiro atoms. The monoisotopic (exact) mass is 198 g/mol. The van der Waals surface area contributed by atoms with Crippen LogP contribution < -0.4 is 5.32 Å². The second-order valence-corrected chi connectivity index (χ2v) is 4.25. The number of carbonyl (C=O) groups excluding carboxylic acids is 1. The highest BCUT2D eigenvalue weighted by Gasteiger charge is 2.38. The van der Waals surface area contributed by atoms with Gasteiger partial charge in [0.05, 0.1) is 18.8 Å². The smallest absolute Gasteiger partial charge is 0.219 e. The Bertz CT molecular complexity index is 219. The van der Waals surface area contributed by atoms with E-state index in [1.165, 1.54) is 0 Å². The van der Waals surface area contributed by atoms with E-state index in [9.17, 15) is 4.79 Å². The molecule has 2 heterocycles.